The van der Waals surface area contributed by atoms with Crippen LogP contribution in [0.15, 0.2) is 115 Å². The fourth-order valence-corrected chi connectivity index (χ4v) is 11.5. The van der Waals surface area contributed by atoms with Crippen molar-refractivity contribution >= 4 is 28.8 Å². The zero-order valence-corrected chi connectivity index (χ0v) is 37.9. The van der Waals surface area contributed by atoms with Gasteiger partial charge in [-0.25, -0.2) is 0 Å². The fourth-order valence-electron chi connectivity index (χ4n) is 11.5. The summed E-state index contributed by atoms with van der Waals surface area (Å²) < 4.78 is 24.3. The summed E-state index contributed by atoms with van der Waals surface area (Å²) in [5.74, 6) is -0.256. The summed E-state index contributed by atoms with van der Waals surface area (Å²) in [6.45, 7) is 2.13. The Hall–Kier alpha value is -6.78. The van der Waals surface area contributed by atoms with Crippen LogP contribution >= 0.6 is 0 Å². The summed E-state index contributed by atoms with van der Waals surface area (Å²) in [5.41, 5.74) is 8.17. The molecule has 6 atom stereocenters. The Balaban J connectivity index is 1.13. The second-order valence-corrected chi connectivity index (χ2v) is 18.3. The van der Waals surface area contributed by atoms with Gasteiger partial charge >= 0.3 is 11.9 Å². The molecule has 0 aliphatic heterocycles. The molecule has 0 saturated heterocycles. The van der Waals surface area contributed by atoms with Crippen molar-refractivity contribution in [3.05, 3.63) is 154 Å². The van der Waals surface area contributed by atoms with Crippen molar-refractivity contribution in [1.82, 2.24) is 5.32 Å². The van der Waals surface area contributed by atoms with Crippen LogP contribution in [0.4, 0.5) is 0 Å². The van der Waals surface area contributed by atoms with Gasteiger partial charge in [0.1, 0.15) is 18.0 Å². The fraction of sp³-hybridized carbons (Fsp3) is 0.321. The third kappa shape index (κ3) is 8.82. The van der Waals surface area contributed by atoms with Gasteiger partial charge in [0.15, 0.2) is 23.0 Å². The molecular weight excluding hydrogens is 831 g/mol. The van der Waals surface area contributed by atoms with Gasteiger partial charge in [0.2, 0.25) is 0 Å². The number of fused-ring (bicyclic) bond motifs is 7. The van der Waals surface area contributed by atoms with Gasteiger partial charge in [-0.1, -0.05) is 72.8 Å². The van der Waals surface area contributed by atoms with Crippen molar-refractivity contribution in [2.45, 2.75) is 76.5 Å². The molecule has 3 aliphatic carbocycles. The third-order valence-corrected chi connectivity index (χ3v) is 14.3. The Labute approximate surface area is 385 Å². The summed E-state index contributed by atoms with van der Waals surface area (Å²) >= 11 is 0. The predicted molar refractivity (Wildman–Crippen MR) is 255 cm³/mol. The van der Waals surface area contributed by atoms with E-state index in [0.717, 1.165) is 67.3 Å². The van der Waals surface area contributed by atoms with Crippen LogP contribution in [-0.4, -0.2) is 60.7 Å². The van der Waals surface area contributed by atoms with E-state index in [2.05, 4.69) is 41.7 Å². The first-order valence-electron chi connectivity index (χ1n) is 22.8. The van der Waals surface area contributed by atoms with E-state index in [-0.39, 0.29) is 47.8 Å². The average Bonchev–Trinajstić information content (AvgIpc) is 3.30. The molecule has 6 aromatic rings. The number of aryl methyl sites for hydroxylation is 1. The predicted octanol–water partition coefficient (Wildman–Crippen LogP) is 10.0. The number of carbonyl (C=O) groups is 2. The van der Waals surface area contributed by atoms with Crippen LogP contribution in [0, 0.1) is 17.3 Å². The number of ether oxygens (including phenoxy) is 4. The van der Waals surface area contributed by atoms with E-state index in [1.54, 1.807) is 25.3 Å². The van der Waals surface area contributed by atoms with E-state index >= 15 is 0 Å². The lowest BCUT2D eigenvalue weighted by molar-refractivity contribution is -0.164. The lowest BCUT2D eigenvalue weighted by Gasteiger charge is -2.56. The van der Waals surface area contributed by atoms with E-state index < -0.39 is 29.6 Å². The average molecular weight is 888 g/mol. The SMILES string of the molecule is CNCc1cccc(-c2cc(O)cc3ccc(CC(=O)O[C@@H]4C[C@@H](OC(C)=O)[C@H]5Cc6cc(OC)c(O)cc6C[C@]5(/C=C\c5ccccc5)[C@H]5CCc6cc(O)c(OC)cc6[C@@H]5C4)cc23)c1. The van der Waals surface area contributed by atoms with E-state index in [1.165, 1.54) is 14.0 Å². The lowest BCUT2D eigenvalue weighted by atomic mass is 9.49. The van der Waals surface area contributed by atoms with Crippen LogP contribution in [0.1, 0.15) is 71.0 Å². The Morgan fingerprint density at radius 2 is 1.55 bits per heavy atom. The highest BCUT2D eigenvalue weighted by atomic mass is 16.6. The molecule has 0 amide bonds. The summed E-state index contributed by atoms with van der Waals surface area (Å²) in [7, 11) is 4.99. The molecule has 1 saturated carbocycles. The molecule has 0 bridgehead atoms. The number of benzene rings is 6. The number of methoxy groups -OCH3 is 2. The first kappa shape index (κ1) is 44.4. The van der Waals surface area contributed by atoms with Crippen molar-refractivity contribution in [2.75, 3.05) is 21.3 Å². The minimum Gasteiger partial charge on any atom is -0.508 e. The molecule has 6 aromatic carbocycles. The molecule has 0 radical (unpaired) electrons. The molecule has 10 heteroatoms. The normalized spacial score (nSPS) is 22.2. The highest BCUT2D eigenvalue weighted by Crippen LogP contribution is 2.60. The zero-order chi connectivity index (χ0) is 46.1. The van der Waals surface area contributed by atoms with E-state index in [0.29, 0.717) is 43.7 Å². The number of hydrogen-bond acceptors (Lipinski definition) is 10. The molecule has 0 aromatic heterocycles. The standard InChI is InChI=1S/C56H57NO9/c1-33(58)65-52-29-43(66-55(62)21-35-13-14-38-22-42(59)27-45(44(38)20-35)37-12-8-11-36(19-37)32-57-2)28-47-46-30-54(64-4)50(60)24-39(46)15-16-48(47)56(18-17-34-9-6-5-7-10-34)31-41-25-51(61)53(63-3)26-40(41)23-49(52)56/h5-14,17-20,22,24-27,30,43,47-49,52,57,59-61H,15-16,21,23,28-29,31-32H2,1-4H3/b18-17-/t43-,47-,48-,49+,52+,56+/m0/s1. The largest absolute Gasteiger partial charge is 0.508 e. The third-order valence-electron chi connectivity index (χ3n) is 14.3. The van der Waals surface area contributed by atoms with Crippen LogP contribution in [0.2, 0.25) is 0 Å². The highest BCUT2D eigenvalue weighted by molar-refractivity contribution is 5.98. The summed E-state index contributed by atoms with van der Waals surface area (Å²) in [5, 5.41) is 37.9. The number of hydrogen-bond donors (Lipinski definition) is 4. The molecule has 0 heterocycles. The first-order chi connectivity index (χ1) is 31.9. The summed E-state index contributed by atoms with van der Waals surface area (Å²) in [6.07, 6.45) is 6.43. The van der Waals surface area contributed by atoms with Gasteiger partial charge in [-0.15, -0.1) is 0 Å². The molecular formula is C56H57NO9. The topological polar surface area (TPSA) is 144 Å². The second kappa shape index (κ2) is 18.6. The summed E-state index contributed by atoms with van der Waals surface area (Å²) in [4.78, 5) is 27.6. The van der Waals surface area contributed by atoms with Crippen molar-refractivity contribution in [1.29, 1.82) is 0 Å². The Bertz CT molecular complexity index is 2820. The van der Waals surface area contributed by atoms with Crippen molar-refractivity contribution in [3.63, 3.8) is 0 Å². The molecule has 9 rings (SSSR count). The minimum atomic E-state index is -0.644. The number of phenolic OH excluding ortho intramolecular Hbond substituents is 3. The second-order valence-electron chi connectivity index (χ2n) is 18.3. The maximum atomic E-state index is 14.4. The van der Waals surface area contributed by atoms with Gasteiger partial charge in [0.05, 0.1) is 20.6 Å². The number of carbonyl (C=O) groups excluding carboxylic acids is 2. The Morgan fingerprint density at radius 3 is 2.30 bits per heavy atom. The summed E-state index contributed by atoms with van der Waals surface area (Å²) in [6, 6.07) is 35.1. The van der Waals surface area contributed by atoms with E-state index in [4.69, 9.17) is 18.9 Å². The van der Waals surface area contributed by atoms with Crippen LogP contribution in [0.3, 0.4) is 0 Å². The Kier molecular flexibility index (Phi) is 12.5. The monoisotopic (exact) mass is 887 g/mol. The smallest absolute Gasteiger partial charge is 0.310 e. The molecule has 0 spiro atoms. The van der Waals surface area contributed by atoms with Crippen LogP contribution < -0.4 is 14.8 Å². The number of aromatic hydroxyl groups is 3. The van der Waals surface area contributed by atoms with Gasteiger partial charge in [0.25, 0.3) is 0 Å². The molecule has 3 aliphatic rings. The van der Waals surface area contributed by atoms with Crippen LogP contribution in [-0.2, 0) is 51.3 Å². The van der Waals surface area contributed by atoms with Gasteiger partial charge in [-0.2, -0.15) is 0 Å². The van der Waals surface area contributed by atoms with Gasteiger partial charge in [0, 0.05) is 31.2 Å². The Morgan fingerprint density at radius 1 is 0.773 bits per heavy atom. The van der Waals surface area contributed by atoms with Gasteiger partial charge in [-0.3, -0.25) is 9.59 Å². The van der Waals surface area contributed by atoms with Crippen LogP contribution in [0.25, 0.3) is 28.0 Å². The number of nitrogens with one attached hydrogen (secondary N) is 1. The molecule has 1 fully saturated rings. The number of phenols is 3. The molecule has 66 heavy (non-hydrogen) atoms. The maximum Gasteiger partial charge on any atom is 0.310 e. The number of allylic oxidation sites excluding steroid dienone is 1. The van der Waals surface area contributed by atoms with Gasteiger partial charge < -0.3 is 39.6 Å². The van der Waals surface area contributed by atoms with E-state index in [1.807, 2.05) is 73.8 Å². The number of rotatable bonds is 11. The van der Waals surface area contributed by atoms with Crippen molar-refractivity contribution < 1.29 is 43.9 Å². The highest BCUT2D eigenvalue weighted by Gasteiger charge is 2.56. The maximum absolute atomic E-state index is 14.4. The van der Waals surface area contributed by atoms with Crippen LogP contribution in [0.5, 0.6) is 28.7 Å². The van der Waals surface area contributed by atoms with E-state index in [9.17, 15) is 24.9 Å². The molecule has 4 N–H and O–H groups in total. The van der Waals surface area contributed by atoms with Gasteiger partial charge in [-0.05, 0) is 160 Å². The molecule has 0 unspecified atom stereocenters. The van der Waals surface area contributed by atoms with Crippen molar-refractivity contribution in [3.8, 4) is 39.9 Å². The minimum absolute atomic E-state index is 0.000995. The first-order valence-corrected chi connectivity index (χ1v) is 22.8. The van der Waals surface area contributed by atoms with Crippen molar-refractivity contribution in [2.24, 2.45) is 17.3 Å². The lowest BCUT2D eigenvalue weighted by Crippen LogP contribution is -2.54. The molecule has 10 nitrogen and oxygen atoms in total. The quantitative estimate of drug-likeness (QED) is 0.0929. The number of esters is 2. The zero-order valence-electron chi connectivity index (χ0n) is 37.9. The molecule has 340 valence electrons.